The lowest BCUT2D eigenvalue weighted by Gasteiger charge is -2.09. The van der Waals surface area contributed by atoms with Gasteiger partial charge in [-0.3, -0.25) is 9.36 Å². The van der Waals surface area contributed by atoms with E-state index in [0.717, 1.165) is 34.3 Å². The first-order valence-corrected chi connectivity index (χ1v) is 7.98. The van der Waals surface area contributed by atoms with Crippen LogP contribution >= 0.6 is 0 Å². The number of aryl methyl sites for hydroxylation is 1. The van der Waals surface area contributed by atoms with Crippen LogP contribution < -0.4 is 4.74 Å². The van der Waals surface area contributed by atoms with Crippen molar-refractivity contribution in [2.45, 2.75) is 26.4 Å². The fourth-order valence-corrected chi connectivity index (χ4v) is 3.19. The van der Waals surface area contributed by atoms with E-state index in [4.69, 9.17) is 4.74 Å². The number of rotatable bonds is 2. The molecule has 0 amide bonds. The third-order valence-electron chi connectivity index (χ3n) is 4.46. The van der Waals surface area contributed by atoms with Gasteiger partial charge >= 0.3 is 0 Å². The van der Waals surface area contributed by atoms with E-state index >= 15 is 0 Å². The Hall–Kier alpha value is -2.88. The highest BCUT2D eigenvalue weighted by atomic mass is 16.5. The fraction of sp³-hybridized carbons (Fsp3) is 0.200. The normalized spacial score (nSPS) is 16.0. The maximum atomic E-state index is 13.0. The lowest BCUT2D eigenvalue weighted by molar-refractivity contribution is 0.0962. The molecule has 2 heterocycles. The molecule has 4 rings (SSSR count). The van der Waals surface area contributed by atoms with Crippen molar-refractivity contribution in [3.8, 4) is 5.75 Å². The van der Waals surface area contributed by atoms with Crippen molar-refractivity contribution in [3.05, 3.63) is 71.6 Å². The maximum Gasteiger partial charge on any atom is 0.263 e. The van der Waals surface area contributed by atoms with Crippen molar-refractivity contribution in [3.63, 3.8) is 0 Å². The fourth-order valence-electron chi connectivity index (χ4n) is 3.19. The number of imidazole rings is 1. The molecule has 1 unspecified atom stereocenters. The second-order valence-electron chi connectivity index (χ2n) is 6.27. The van der Waals surface area contributed by atoms with Gasteiger partial charge in [0.2, 0.25) is 0 Å². The molecule has 2 aromatic carbocycles. The van der Waals surface area contributed by atoms with Gasteiger partial charge in [-0.25, -0.2) is 4.98 Å². The first-order chi connectivity index (χ1) is 11.5. The van der Waals surface area contributed by atoms with Gasteiger partial charge in [-0.2, -0.15) is 0 Å². The number of carbonyl (C=O) groups is 1. The smallest absolute Gasteiger partial charge is 0.263 e. The van der Waals surface area contributed by atoms with Gasteiger partial charge < -0.3 is 4.74 Å². The Kier molecular flexibility index (Phi) is 3.27. The van der Waals surface area contributed by atoms with Crippen LogP contribution in [0.5, 0.6) is 5.75 Å². The van der Waals surface area contributed by atoms with Crippen molar-refractivity contribution in [1.29, 1.82) is 0 Å². The number of hydrogen-bond donors (Lipinski definition) is 0. The number of fused-ring (bicyclic) bond motifs is 2. The van der Waals surface area contributed by atoms with Crippen LogP contribution in [0.4, 0.5) is 0 Å². The Morgan fingerprint density at radius 3 is 2.88 bits per heavy atom. The molecule has 4 heteroatoms. The molecule has 0 bridgehead atoms. The molecule has 1 aliphatic heterocycles. The molecule has 120 valence electrons. The number of ether oxygens (including phenoxy) is 1. The highest BCUT2D eigenvalue weighted by molar-refractivity contribution is 6.02. The highest BCUT2D eigenvalue weighted by Crippen LogP contribution is 2.32. The Morgan fingerprint density at radius 1 is 1.29 bits per heavy atom. The zero-order valence-corrected chi connectivity index (χ0v) is 13.7. The average molecular weight is 318 g/mol. The second-order valence-corrected chi connectivity index (χ2v) is 6.27. The van der Waals surface area contributed by atoms with E-state index in [9.17, 15) is 4.79 Å². The predicted molar refractivity (Wildman–Crippen MR) is 93.6 cm³/mol. The van der Waals surface area contributed by atoms with Gasteiger partial charge in [0, 0.05) is 12.0 Å². The number of nitrogens with zero attached hydrogens (tertiary/aromatic N) is 2. The highest BCUT2D eigenvalue weighted by Gasteiger charge is 2.25. The molecule has 1 aliphatic rings. The minimum absolute atomic E-state index is 0.00108. The first-order valence-electron chi connectivity index (χ1n) is 7.98. The van der Waals surface area contributed by atoms with E-state index in [1.165, 1.54) is 0 Å². The summed E-state index contributed by atoms with van der Waals surface area (Å²) in [5, 5.41) is 0. The van der Waals surface area contributed by atoms with Crippen molar-refractivity contribution in [2.75, 3.05) is 0 Å². The molecule has 0 fully saturated rings. The number of hydrogen-bond acceptors (Lipinski definition) is 3. The zero-order chi connectivity index (χ0) is 16.8. The lowest BCUT2D eigenvalue weighted by atomic mass is 10.0. The van der Waals surface area contributed by atoms with Gasteiger partial charge in [0.1, 0.15) is 17.7 Å². The largest absolute Gasteiger partial charge is 0.485 e. The summed E-state index contributed by atoms with van der Waals surface area (Å²) in [5.74, 6) is 1.47. The van der Waals surface area contributed by atoms with Gasteiger partial charge in [0.25, 0.3) is 5.91 Å². The summed E-state index contributed by atoms with van der Waals surface area (Å²) in [6.45, 7) is 7.77. The summed E-state index contributed by atoms with van der Waals surface area (Å²) in [7, 11) is 0. The molecule has 1 atom stereocenters. The summed E-state index contributed by atoms with van der Waals surface area (Å²) in [6.07, 6.45) is 0.760. The molecule has 0 aliphatic carbocycles. The van der Waals surface area contributed by atoms with Gasteiger partial charge in [-0.15, -0.1) is 0 Å². The lowest BCUT2D eigenvalue weighted by Crippen LogP contribution is -2.14. The van der Waals surface area contributed by atoms with Gasteiger partial charge in [-0.05, 0) is 55.3 Å². The Labute approximate surface area is 140 Å². The van der Waals surface area contributed by atoms with Crippen LogP contribution in [0.3, 0.4) is 0 Å². The maximum absolute atomic E-state index is 13.0. The first kappa shape index (κ1) is 14.7. The van der Waals surface area contributed by atoms with Crippen LogP contribution in [0.15, 0.2) is 54.6 Å². The minimum Gasteiger partial charge on any atom is -0.485 e. The average Bonchev–Trinajstić information content (AvgIpc) is 3.13. The van der Waals surface area contributed by atoms with Crippen molar-refractivity contribution >= 4 is 16.9 Å². The van der Waals surface area contributed by atoms with Crippen molar-refractivity contribution in [1.82, 2.24) is 9.55 Å². The molecular weight excluding hydrogens is 300 g/mol. The summed E-state index contributed by atoms with van der Waals surface area (Å²) in [6, 6.07) is 13.3. The van der Waals surface area contributed by atoms with Crippen LogP contribution in [0, 0.1) is 6.92 Å². The second kappa shape index (κ2) is 5.34. The Morgan fingerprint density at radius 2 is 2.08 bits per heavy atom. The van der Waals surface area contributed by atoms with Crippen molar-refractivity contribution in [2.24, 2.45) is 0 Å². The van der Waals surface area contributed by atoms with E-state index < -0.39 is 0 Å². The molecular formula is C20H18N2O2. The molecule has 0 saturated carbocycles. The van der Waals surface area contributed by atoms with E-state index in [-0.39, 0.29) is 12.0 Å². The topological polar surface area (TPSA) is 44.1 Å². The molecule has 0 spiro atoms. The number of aromatic nitrogens is 2. The van der Waals surface area contributed by atoms with Crippen LogP contribution in [-0.4, -0.2) is 21.6 Å². The van der Waals surface area contributed by atoms with Gasteiger partial charge in [0.15, 0.2) is 0 Å². The summed E-state index contributed by atoms with van der Waals surface area (Å²) in [5.41, 5.74) is 4.35. The van der Waals surface area contributed by atoms with Crippen LogP contribution in [0.1, 0.15) is 28.7 Å². The summed E-state index contributed by atoms with van der Waals surface area (Å²) in [4.78, 5) is 17.5. The minimum atomic E-state index is -0.0669. The molecule has 0 radical (unpaired) electrons. The molecule has 4 nitrogen and oxygen atoms in total. The molecule has 0 saturated heterocycles. The van der Waals surface area contributed by atoms with Crippen LogP contribution in [0.2, 0.25) is 0 Å². The predicted octanol–water partition coefficient (Wildman–Crippen LogP) is 3.91. The third-order valence-corrected chi connectivity index (χ3v) is 4.46. The standard InChI is InChI=1S/C20H18N2O2/c1-12(2)19-11-15-10-14(8-9-18(15)24-19)20(23)22-13(3)21-16-6-4-5-7-17(16)22/h4-10,19H,1,11H2,2-3H3. The third kappa shape index (κ3) is 2.22. The van der Waals surface area contributed by atoms with E-state index in [1.807, 2.05) is 56.3 Å². The summed E-state index contributed by atoms with van der Waals surface area (Å²) >= 11 is 0. The SMILES string of the molecule is C=C(C)C1Cc2cc(C(=O)n3c(C)nc4ccccc43)ccc2O1. The Bertz CT molecular complexity index is 984. The van der Waals surface area contributed by atoms with Crippen molar-refractivity contribution < 1.29 is 9.53 Å². The van der Waals surface area contributed by atoms with Gasteiger partial charge in [0.05, 0.1) is 11.0 Å². The molecule has 3 aromatic rings. The van der Waals surface area contributed by atoms with Crippen LogP contribution in [0.25, 0.3) is 11.0 Å². The quantitative estimate of drug-likeness (QED) is 0.673. The monoisotopic (exact) mass is 318 g/mol. The number of para-hydroxylation sites is 2. The number of carbonyl (C=O) groups excluding carboxylic acids is 1. The zero-order valence-electron chi connectivity index (χ0n) is 13.7. The summed E-state index contributed by atoms with van der Waals surface area (Å²) < 4.78 is 7.53. The van der Waals surface area contributed by atoms with E-state index in [2.05, 4.69) is 11.6 Å². The Balaban J connectivity index is 1.75. The molecule has 1 aromatic heterocycles. The number of benzene rings is 2. The van der Waals surface area contributed by atoms with Crippen LogP contribution in [-0.2, 0) is 6.42 Å². The van der Waals surface area contributed by atoms with E-state index in [1.54, 1.807) is 4.57 Å². The molecule has 24 heavy (non-hydrogen) atoms. The van der Waals surface area contributed by atoms with Gasteiger partial charge in [-0.1, -0.05) is 18.7 Å². The van der Waals surface area contributed by atoms with E-state index in [0.29, 0.717) is 11.4 Å². The molecule has 0 N–H and O–H groups in total.